The van der Waals surface area contributed by atoms with E-state index in [1.165, 1.54) is 12.5 Å². The molecule has 0 radical (unpaired) electrons. The van der Waals surface area contributed by atoms with Gasteiger partial charge in [0.25, 0.3) is 0 Å². The summed E-state index contributed by atoms with van der Waals surface area (Å²) in [5.41, 5.74) is 6.19. The van der Waals surface area contributed by atoms with Gasteiger partial charge in [0.05, 0.1) is 16.6 Å². The third-order valence-electron chi connectivity index (χ3n) is 4.25. The molecule has 0 bridgehead atoms. The summed E-state index contributed by atoms with van der Waals surface area (Å²) in [6.45, 7) is 0.696. The number of anilines is 1. The molecule has 3 nitrogen and oxygen atoms in total. The highest BCUT2D eigenvalue weighted by Crippen LogP contribution is 2.45. The van der Waals surface area contributed by atoms with Crippen LogP contribution in [0.4, 0.5) is 19.1 Å². The first-order valence-electron chi connectivity index (χ1n) is 6.73. The zero-order chi connectivity index (χ0) is 15.3. The molecule has 2 aromatic rings. The summed E-state index contributed by atoms with van der Waals surface area (Å²) in [5.74, 6) is 0.282. The molecule has 7 heteroatoms. The predicted molar refractivity (Wildman–Crippen MR) is 79.2 cm³/mol. The molecular weight excluding hydrogens is 299 g/mol. The second-order valence-electron chi connectivity index (χ2n) is 5.50. The number of fused-ring (bicyclic) bond motifs is 1. The molecule has 1 aromatic carbocycles. The second-order valence-corrected chi connectivity index (χ2v) is 6.77. The fourth-order valence-electron chi connectivity index (χ4n) is 2.78. The van der Waals surface area contributed by atoms with Gasteiger partial charge in [-0.25, -0.2) is 4.98 Å². The number of hydrogen-bond donors (Lipinski definition) is 1. The molecule has 1 aliphatic carbocycles. The van der Waals surface area contributed by atoms with Crippen molar-refractivity contribution in [3.05, 3.63) is 23.8 Å². The van der Waals surface area contributed by atoms with Gasteiger partial charge in [-0.1, -0.05) is 6.42 Å². The molecular formula is C14H16F3N3S. The quantitative estimate of drug-likeness (QED) is 0.933. The van der Waals surface area contributed by atoms with Gasteiger partial charge < -0.3 is 10.3 Å². The summed E-state index contributed by atoms with van der Waals surface area (Å²) >= 11 is 1.80. The first-order chi connectivity index (χ1) is 9.85. The third-order valence-corrected chi connectivity index (χ3v) is 5.65. The third kappa shape index (κ3) is 2.47. The summed E-state index contributed by atoms with van der Waals surface area (Å²) in [6.07, 6.45) is 1.10. The van der Waals surface area contributed by atoms with E-state index in [4.69, 9.17) is 5.73 Å². The van der Waals surface area contributed by atoms with Crippen molar-refractivity contribution in [2.75, 3.05) is 12.0 Å². The molecule has 1 aromatic heterocycles. The van der Waals surface area contributed by atoms with Crippen LogP contribution in [0.25, 0.3) is 11.0 Å². The number of thioether (sulfide) groups is 1. The van der Waals surface area contributed by atoms with E-state index in [-0.39, 0.29) is 10.7 Å². The number of rotatable bonds is 3. The summed E-state index contributed by atoms with van der Waals surface area (Å²) < 4.78 is 40.2. The number of halogens is 3. The zero-order valence-corrected chi connectivity index (χ0v) is 12.4. The number of aromatic nitrogens is 2. The monoisotopic (exact) mass is 315 g/mol. The molecule has 1 heterocycles. The highest BCUT2D eigenvalue weighted by molar-refractivity contribution is 8.00. The maximum Gasteiger partial charge on any atom is 0.416 e. The Kier molecular flexibility index (Phi) is 3.35. The molecule has 114 valence electrons. The van der Waals surface area contributed by atoms with Gasteiger partial charge in [0.2, 0.25) is 5.95 Å². The van der Waals surface area contributed by atoms with Crippen LogP contribution in [0.3, 0.4) is 0 Å². The van der Waals surface area contributed by atoms with Crippen molar-refractivity contribution in [3.63, 3.8) is 0 Å². The van der Waals surface area contributed by atoms with Crippen LogP contribution >= 0.6 is 11.8 Å². The number of nitrogens with two attached hydrogens (primary N) is 1. The van der Waals surface area contributed by atoms with Gasteiger partial charge in [0, 0.05) is 11.3 Å². The van der Waals surface area contributed by atoms with Crippen molar-refractivity contribution >= 4 is 28.7 Å². The van der Waals surface area contributed by atoms with Gasteiger partial charge in [0.1, 0.15) is 0 Å². The lowest BCUT2D eigenvalue weighted by Crippen LogP contribution is -2.38. The van der Waals surface area contributed by atoms with Crippen molar-refractivity contribution in [3.8, 4) is 0 Å². The lowest BCUT2D eigenvalue weighted by Gasteiger charge is -2.40. The predicted octanol–water partition coefficient (Wildman–Crippen LogP) is 3.92. The van der Waals surface area contributed by atoms with Crippen molar-refractivity contribution < 1.29 is 13.2 Å². The first kappa shape index (κ1) is 14.6. The normalized spacial score (nSPS) is 17.9. The Morgan fingerprint density at radius 1 is 1.38 bits per heavy atom. The maximum atomic E-state index is 12.7. The van der Waals surface area contributed by atoms with Crippen LogP contribution in [0.2, 0.25) is 0 Å². The summed E-state index contributed by atoms with van der Waals surface area (Å²) in [7, 11) is 0. The largest absolute Gasteiger partial charge is 0.416 e. The molecule has 3 rings (SSSR count). The van der Waals surface area contributed by atoms with Crippen LogP contribution < -0.4 is 5.73 Å². The molecule has 0 aliphatic heterocycles. The van der Waals surface area contributed by atoms with Gasteiger partial charge in [-0.3, -0.25) is 0 Å². The van der Waals surface area contributed by atoms with E-state index in [0.29, 0.717) is 17.6 Å². The molecule has 0 saturated heterocycles. The molecule has 0 unspecified atom stereocenters. The van der Waals surface area contributed by atoms with E-state index in [2.05, 4.69) is 11.2 Å². The molecule has 1 fully saturated rings. The average Bonchev–Trinajstić information content (AvgIpc) is 2.67. The van der Waals surface area contributed by atoms with Crippen molar-refractivity contribution in [2.45, 2.75) is 36.7 Å². The highest BCUT2D eigenvalue weighted by atomic mass is 32.2. The first-order valence-corrected chi connectivity index (χ1v) is 7.95. The SMILES string of the molecule is CSC1(Cn2c(N)nc3cc(C(F)(F)F)ccc32)CCC1. The minimum atomic E-state index is -4.36. The van der Waals surface area contributed by atoms with Crippen LogP contribution in [0.5, 0.6) is 0 Å². The lowest BCUT2D eigenvalue weighted by atomic mass is 9.84. The number of nitrogens with zero attached hydrogens (tertiary/aromatic N) is 2. The van der Waals surface area contributed by atoms with Crippen LogP contribution in [-0.4, -0.2) is 20.6 Å². The minimum absolute atomic E-state index is 0.143. The molecule has 1 aliphatic rings. The number of alkyl halides is 3. The van der Waals surface area contributed by atoms with E-state index < -0.39 is 11.7 Å². The van der Waals surface area contributed by atoms with Gasteiger partial charge in [0.15, 0.2) is 0 Å². The Labute approximate surface area is 124 Å². The Hall–Kier alpha value is -1.37. The van der Waals surface area contributed by atoms with E-state index in [9.17, 15) is 13.2 Å². The minimum Gasteiger partial charge on any atom is -0.369 e. The number of hydrogen-bond acceptors (Lipinski definition) is 3. The summed E-state index contributed by atoms with van der Waals surface area (Å²) in [4.78, 5) is 4.10. The van der Waals surface area contributed by atoms with Crippen LogP contribution in [0.15, 0.2) is 18.2 Å². The lowest BCUT2D eigenvalue weighted by molar-refractivity contribution is -0.137. The highest BCUT2D eigenvalue weighted by Gasteiger charge is 2.37. The Bertz CT molecular complexity index is 668. The average molecular weight is 315 g/mol. The van der Waals surface area contributed by atoms with E-state index in [1.54, 1.807) is 11.8 Å². The topological polar surface area (TPSA) is 43.8 Å². The second kappa shape index (κ2) is 4.83. The molecule has 0 spiro atoms. The summed E-state index contributed by atoms with van der Waals surface area (Å²) in [5, 5.41) is 0. The molecule has 1 saturated carbocycles. The maximum absolute atomic E-state index is 12.7. The van der Waals surface area contributed by atoms with Gasteiger partial charge >= 0.3 is 6.18 Å². The van der Waals surface area contributed by atoms with Gasteiger partial charge in [-0.15, -0.1) is 0 Å². The van der Waals surface area contributed by atoms with Crippen LogP contribution in [0, 0.1) is 0 Å². The standard InChI is InChI=1S/C14H16F3N3S/c1-21-13(5-2-6-13)8-20-11-4-3-9(14(15,16)17)7-10(11)19-12(20)18/h3-4,7H,2,5-6,8H2,1H3,(H2,18,19). The number of nitrogen functional groups attached to an aromatic ring is 1. The molecule has 21 heavy (non-hydrogen) atoms. The van der Waals surface area contributed by atoms with Crippen molar-refractivity contribution in [1.82, 2.24) is 9.55 Å². The Balaban J connectivity index is 2.02. The molecule has 0 amide bonds. The van der Waals surface area contributed by atoms with Crippen LogP contribution in [0.1, 0.15) is 24.8 Å². The summed E-state index contributed by atoms with van der Waals surface area (Å²) in [6, 6.07) is 3.62. The van der Waals surface area contributed by atoms with E-state index in [0.717, 1.165) is 25.0 Å². The van der Waals surface area contributed by atoms with E-state index >= 15 is 0 Å². The number of benzene rings is 1. The smallest absolute Gasteiger partial charge is 0.369 e. The Morgan fingerprint density at radius 3 is 2.62 bits per heavy atom. The van der Waals surface area contributed by atoms with Crippen molar-refractivity contribution in [2.24, 2.45) is 0 Å². The van der Waals surface area contributed by atoms with Gasteiger partial charge in [-0.05, 0) is 37.3 Å². The fourth-order valence-corrected chi connectivity index (χ4v) is 3.73. The van der Waals surface area contributed by atoms with Crippen LogP contribution in [-0.2, 0) is 12.7 Å². The zero-order valence-electron chi connectivity index (χ0n) is 11.6. The van der Waals surface area contributed by atoms with Gasteiger partial charge in [-0.2, -0.15) is 24.9 Å². The molecule has 2 N–H and O–H groups in total. The number of imidazole rings is 1. The fraction of sp³-hybridized carbons (Fsp3) is 0.500. The van der Waals surface area contributed by atoms with Crippen molar-refractivity contribution in [1.29, 1.82) is 0 Å². The van der Waals surface area contributed by atoms with E-state index in [1.807, 2.05) is 4.57 Å². The molecule has 0 atom stereocenters. The Morgan fingerprint density at radius 2 is 2.10 bits per heavy atom.